The van der Waals surface area contributed by atoms with E-state index < -0.39 is 24.1 Å². The number of imidazole rings is 1. The monoisotopic (exact) mass is 658 g/mol. The fourth-order valence-electron chi connectivity index (χ4n) is 6.05. The molecule has 3 heterocycles. The minimum absolute atomic E-state index is 0.0961. The minimum Gasteiger partial charge on any atom is -0.497 e. The fraction of sp³-hybridized carbons (Fsp3) is 0.184. The summed E-state index contributed by atoms with van der Waals surface area (Å²) in [6, 6.07) is 33.8. The highest BCUT2D eigenvalue weighted by Crippen LogP contribution is 2.43. The van der Waals surface area contributed by atoms with Gasteiger partial charge < -0.3 is 24.3 Å². The molecule has 6 aromatic rings. The van der Waals surface area contributed by atoms with Gasteiger partial charge in [-0.25, -0.2) is 19.3 Å². The van der Waals surface area contributed by atoms with Crippen LogP contribution in [0.3, 0.4) is 0 Å². The third-order valence-corrected chi connectivity index (χ3v) is 8.56. The number of carbonyl (C=O) groups is 1. The van der Waals surface area contributed by atoms with E-state index in [1.807, 2.05) is 84.9 Å². The highest BCUT2D eigenvalue weighted by molar-refractivity contribution is 6.06. The van der Waals surface area contributed by atoms with Gasteiger partial charge in [-0.3, -0.25) is 9.36 Å². The number of hydrogen-bond acceptors (Lipinski definition) is 8. The maximum absolute atomic E-state index is 15.8. The molecule has 2 aromatic heterocycles. The number of nitrogens with zero attached hydrogens (tertiary/aromatic N) is 4. The summed E-state index contributed by atoms with van der Waals surface area (Å²) in [6.45, 7) is -0.0961. The molecule has 3 atom stereocenters. The summed E-state index contributed by atoms with van der Waals surface area (Å²) < 4.78 is 41.5. The Morgan fingerprint density at radius 3 is 2.02 bits per heavy atom. The summed E-state index contributed by atoms with van der Waals surface area (Å²) in [7, 11) is 3.23. The first-order valence-corrected chi connectivity index (χ1v) is 15.7. The number of halogens is 1. The van der Waals surface area contributed by atoms with Gasteiger partial charge in [0.25, 0.3) is 5.91 Å². The minimum atomic E-state index is -1.47. The van der Waals surface area contributed by atoms with Gasteiger partial charge >= 0.3 is 0 Å². The van der Waals surface area contributed by atoms with Crippen LogP contribution in [0.5, 0.6) is 11.5 Å². The number of carbonyl (C=O) groups excluding carboxylic acids is 1. The standard InChI is InChI=1S/C38H33FN5O5/c1-46-29-17-13-27(14-18-29)38(26-11-7-4-8-12-26,28-15-19-30(47-2)20-16-28)48-22-32-31(39)21-33(49-32)44-24-42-34-35(40-23-41-36(34)44)43-37(45)25-9-5-3-6-10-25/h3-21,23-24,31-33H,22H2,1-2H3,(H,40,41,43,45)/t31-,32-,33-/m1/s1. The summed E-state index contributed by atoms with van der Waals surface area (Å²) in [6.07, 6.45) is 1.00. The number of hydrogen-bond donors (Lipinski definition) is 1. The molecule has 49 heavy (non-hydrogen) atoms. The number of anilines is 1. The van der Waals surface area contributed by atoms with E-state index in [4.69, 9.17) is 18.9 Å². The molecular formula is C38H33FN5O5. The van der Waals surface area contributed by atoms with E-state index in [1.54, 1.807) is 43.1 Å². The van der Waals surface area contributed by atoms with Crippen molar-refractivity contribution in [3.05, 3.63) is 151 Å². The molecule has 4 aromatic carbocycles. The number of fused-ring (bicyclic) bond motifs is 1. The maximum atomic E-state index is 15.8. The largest absolute Gasteiger partial charge is 0.497 e. The van der Waals surface area contributed by atoms with Crippen LogP contribution in [-0.2, 0) is 15.1 Å². The topological polar surface area (TPSA) is 110 Å². The molecule has 247 valence electrons. The van der Waals surface area contributed by atoms with Crippen molar-refractivity contribution in [3.8, 4) is 11.5 Å². The summed E-state index contributed by atoms with van der Waals surface area (Å²) in [5, 5.41) is 2.79. The van der Waals surface area contributed by atoms with Crippen molar-refractivity contribution in [1.29, 1.82) is 0 Å². The van der Waals surface area contributed by atoms with E-state index in [0.29, 0.717) is 28.2 Å². The number of alkyl halides is 1. The second-order valence-corrected chi connectivity index (χ2v) is 11.4. The summed E-state index contributed by atoms with van der Waals surface area (Å²) in [5.41, 5.74) is 2.55. The first-order valence-electron chi connectivity index (χ1n) is 15.7. The molecule has 0 bridgehead atoms. The van der Waals surface area contributed by atoms with E-state index in [1.165, 1.54) is 19.1 Å². The van der Waals surface area contributed by atoms with Gasteiger partial charge in [-0.15, -0.1) is 0 Å². The predicted molar refractivity (Wildman–Crippen MR) is 181 cm³/mol. The van der Waals surface area contributed by atoms with E-state index in [2.05, 4.69) is 20.3 Å². The van der Waals surface area contributed by atoms with Gasteiger partial charge in [0.1, 0.15) is 41.9 Å². The Kier molecular flexibility index (Phi) is 9.01. The van der Waals surface area contributed by atoms with Gasteiger partial charge in [-0.2, -0.15) is 0 Å². The maximum Gasteiger partial charge on any atom is 0.256 e. The molecule has 1 fully saturated rings. The molecule has 1 aliphatic rings. The molecule has 1 radical (unpaired) electrons. The second-order valence-electron chi connectivity index (χ2n) is 11.4. The van der Waals surface area contributed by atoms with Crippen molar-refractivity contribution < 1.29 is 28.1 Å². The van der Waals surface area contributed by atoms with Crippen LogP contribution in [0, 0.1) is 6.42 Å². The number of aromatic nitrogens is 4. The smallest absolute Gasteiger partial charge is 0.256 e. The van der Waals surface area contributed by atoms with Crippen LogP contribution in [0.2, 0.25) is 0 Å². The van der Waals surface area contributed by atoms with Crippen molar-refractivity contribution in [2.24, 2.45) is 0 Å². The number of ether oxygens (including phenoxy) is 4. The Labute approximate surface area is 282 Å². The average Bonchev–Trinajstić information content (AvgIpc) is 3.76. The van der Waals surface area contributed by atoms with Crippen LogP contribution < -0.4 is 14.8 Å². The zero-order valence-electron chi connectivity index (χ0n) is 26.8. The molecule has 1 N–H and O–H groups in total. The van der Waals surface area contributed by atoms with Crippen LogP contribution in [0.15, 0.2) is 122 Å². The predicted octanol–water partition coefficient (Wildman–Crippen LogP) is 6.54. The summed E-state index contributed by atoms with van der Waals surface area (Å²) in [4.78, 5) is 25.9. The van der Waals surface area contributed by atoms with Crippen molar-refractivity contribution >= 4 is 22.9 Å². The van der Waals surface area contributed by atoms with Crippen LogP contribution in [-0.4, -0.2) is 58.5 Å². The first kappa shape index (κ1) is 31.9. The van der Waals surface area contributed by atoms with Gasteiger partial charge in [-0.05, 0) is 53.1 Å². The quantitative estimate of drug-likeness (QED) is 0.156. The van der Waals surface area contributed by atoms with Crippen molar-refractivity contribution in [2.45, 2.75) is 24.1 Å². The van der Waals surface area contributed by atoms with E-state index in [9.17, 15) is 4.79 Å². The second kappa shape index (κ2) is 13.8. The Hall–Kier alpha value is -5.65. The van der Waals surface area contributed by atoms with Crippen LogP contribution >= 0.6 is 0 Å². The number of nitrogens with one attached hydrogen (secondary N) is 1. The Morgan fingerprint density at radius 2 is 1.41 bits per heavy atom. The Balaban J connectivity index is 1.18. The van der Waals surface area contributed by atoms with E-state index >= 15 is 4.39 Å². The summed E-state index contributed by atoms with van der Waals surface area (Å²) in [5.74, 6) is 1.29. The van der Waals surface area contributed by atoms with Crippen molar-refractivity contribution in [3.63, 3.8) is 0 Å². The number of methoxy groups -OCH3 is 2. The normalized spacial score (nSPS) is 17.6. The number of rotatable bonds is 11. The van der Waals surface area contributed by atoms with Crippen LogP contribution in [0.25, 0.3) is 11.2 Å². The molecule has 0 unspecified atom stereocenters. The van der Waals surface area contributed by atoms with Gasteiger partial charge in [-0.1, -0.05) is 72.8 Å². The molecule has 1 amide bonds. The van der Waals surface area contributed by atoms with Crippen molar-refractivity contribution in [2.75, 3.05) is 26.1 Å². The SMILES string of the molecule is COc1ccc(C(OC[C@H]2O[C@@H](n3cnc4c(NC(=O)c5ccccc5)ncnc43)[CH][C@H]2F)(c2ccccc2)c2ccc(OC)cc2)cc1. The zero-order valence-corrected chi connectivity index (χ0v) is 26.8. The molecule has 7 rings (SSSR count). The third-order valence-electron chi connectivity index (χ3n) is 8.56. The highest BCUT2D eigenvalue weighted by Gasteiger charge is 2.43. The van der Waals surface area contributed by atoms with Gasteiger partial charge in [0.2, 0.25) is 0 Å². The number of benzene rings is 4. The van der Waals surface area contributed by atoms with Crippen LogP contribution in [0.1, 0.15) is 33.3 Å². The molecule has 10 nitrogen and oxygen atoms in total. The Bertz CT molecular complexity index is 1980. The molecule has 0 saturated carbocycles. The molecule has 0 aliphatic carbocycles. The fourth-order valence-corrected chi connectivity index (χ4v) is 6.05. The lowest BCUT2D eigenvalue weighted by atomic mass is 9.80. The van der Waals surface area contributed by atoms with Gasteiger partial charge in [0.05, 0.1) is 27.2 Å². The highest BCUT2D eigenvalue weighted by atomic mass is 19.1. The zero-order chi connectivity index (χ0) is 33.8. The lowest BCUT2D eigenvalue weighted by Gasteiger charge is -2.37. The van der Waals surface area contributed by atoms with Crippen LogP contribution in [0.4, 0.5) is 10.2 Å². The summed E-state index contributed by atoms with van der Waals surface area (Å²) >= 11 is 0. The van der Waals surface area contributed by atoms with E-state index in [-0.39, 0.29) is 18.3 Å². The molecule has 1 aliphatic heterocycles. The first-order chi connectivity index (χ1) is 24.0. The lowest BCUT2D eigenvalue weighted by molar-refractivity contribution is -0.0845. The van der Waals surface area contributed by atoms with E-state index in [0.717, 1.165) is 16.7 Å². The number of amides is 1. The molecule has 1 saturated heterocycles. The van der Waals surface area contributed by atoms with Crippen molar-refractivity contribution in [1.82, 2.24) is 19.5 Å². The Morgan fingerprint density at radius 1 is 0.816 bits per heavy atom. The molecule has 11 heteroatoms. The molecule has 0 spiro atoms. The average molecular weight is 659 g/mol. The van der Waals surface area contributed by atoms with Gasteiger partial charge in [0, 0.05) is 12.0 Å². The lowest BCUT2D eigenvalue weighted by Crippen LogP contribution is -2.37. The van der Waals surface area contributed by atoms with Gasteiger partial charge in [0.15, 0.2) is 17.0 Å². The molecular weight excluding hydrogens is 625 g/mol. The third kappa shape index (κ3) is 6.21.